The van der Waals surface area contributed by atoms with E-state index in [0.29, 0.717) is 25.9 Å². The molecule has 2 aromatic rings. The summed E-state index contributed by atoms with van der Waals surface area (Å²) in [6.45, 7) is 1.51. The third kappa shape index (κ3) is 5.10. The normalized spacial score (nSPS) is 12.5. The zero-order valence-corrected chi connectivity index (χ0v) is 17.2. The molecule has 0 fully saturated rings. The van der Waals surface area contributed by atoms with E-state index in [1.165, 1.54) is 6.92 Å². The maximum Gasteiger partial charge on any atom is 0.247 e. The molecular formula is C16H15BrCl2N2O3S. The Kier molecular flexibility index (Phi) is 6.37. The van der Waals surface area contributed by atoms with Crippen LogP contribution in [0.25, 0.3) is 0 Å². The number of halogens is 3. The average molecular weight is 466 g/mol. The largest absolute Gasteiger partial charge is 0.324 e. The Balaban J connectivity index is 2.29. The number of amides is 1. The van der Waals surface area contributed by atoms with Crippen molar-refractivity contribution in [2.75, 3.05) is 15.9 Å². The first kappa shape index (κ1) is 20.0. The molecular weight excluding hydrogens is 451 g/mol. The van der Waals surface area contributed by atoms with Gasteiger partial charge in [0.15, 0.2) is 0 Å². The molecule has 0 unspecified atom stereocenters. The maximum absolute atomic E-state index is 12.5. The van der Waals surface area contributed by atoms with Gasteiger partial charge in [-0.05, 0) is 65.3 Å². The maximum atomic E-state index is 12.5. The fourth-order valence-corrected chi connectivity index (χ4v) is 3.95. The number of sulfonamides is 1. The van der Waals surface area contributed by atoms with Crippen LogP contribution in [0.1, 0.15) is 6.92 Å². The van der Waals surface area contributed by atoms with Crippen molar-refractivity contribution in [2.45, 2.75) is 13.0 Å². The molecule has 0 aliphatic heterocycles. The molecule has 1 amide bonds. The van der Waals surface area contributed by atoms with Crippen molar-refractivity contribution in [3.8, 4) is 0 Å². The Hall–Kier alpha value is -1.28. The van der Waals surface area contributed by atoms with Crippen LogP contribution in [0.3, 0.4) is 0 Å². The van der Waals surface area contributed by atoms with Crippen LogP contribution in [-0.4, -0.2) is 26.6 Å². The molecule has 0 saturated carbocycles. The van der Waals surface area contributed by atoms with Gasteiger partial charge in [0.2, 0.25) is 15.9 Å². The Morgan fingerprint density at radius 2 is 1.76 bits per heavy atom. The first-order valence-electron chi connectivity index (χ1n) is 7.10. The molecule has 5 nitrogen and oxygen atoms in total. The lowest BCUT2D eigenvalue weighted by Crippen LogP contribution is -2.45. The molecule has 25 heavy (non-hydrogen) atoms. The van der Waals surface area contributed by atoms with Crippen molar-refractivity contribution in [3.05, 3.63) is 57.0 Å². The van der Waals surface area contributed by atoms with Gasteiger partial charge in [-0.3, -0.25) is 9.10 Å². The molecule has 0 spiro atoms. The van der Waals surface area contributed by atoms with E-state index < -0.39 is 22.0 Å². The van der Waals surface area contributed by atoms with Crippen LogP contribution in [0.4, 0.5) is 11.4 Å². The summed E-state index contributed by atoms with van der Waals surface area (Å²) in [6.07, 6.45) is 1.04. The van der Waals surface area contributed by atoms with Crippen LogP contribution >= 0.6 is 39.1 Å². The van der Waals surface area contributed by atoms with E-state index >= 15 is 0 Å². The Bertz CT molecular complexity index is 889. The van der Waals surface area contributed by atoms with Gasteiger partial charge in [0.05, 0.1) is 17.0 Å². The fourth-order valence-electron chi connectivity index (χ4n) is 2.22. The molecule has 0 aromatic heterocycles. The summed E-state index contributed by atoms with van der Waals surface area (Å²) in [5.74, 6) is -0.487. The van der Waals surface area contributed by atoms with Crippen molar-refractivity contribution >= 4 is 66.4 Å². The highest BCUT2D eigenvalue weighted by Gasteiger charge is 2.29. The van der Waals surface area contributed by atoms with Gasteiger partial charge < -0.3 is 5.32 Å². The van der Waals surface area contributed by atoms with Crippen molar-refractivity contribution < 1.29 is 13.2 Å². The van der Waals surface area contributed by atoms with Crippen LogP contribution in [0.5, 0.6) is 0 Å². The van der Waals surface area contributed by atoms with Crippen LogP contribution in [0.2, 0.25) is 10.0 Å². The number of hydrogen-bond acceptors (Lipinski definition) is 3. The second-order valence-electron chi connectivity index (χ2n) is 5.33. The molecule has 0 radical (unpaired) electrons. The molecule has 9 heteroatoms. The van der Waals surface area contributed by atoms with Gasteiger partial charge in [-0.1, -0.05) is 23.2 Å². The van der Waals surface area contributed by atoms with E-state index in [1.54, 1.807) is 42.5 Å². The first-order valence-corrected chi connectivity index (χ1v) is 10.5. The molecule has 0 bridgehead atoms. The zero-order valence-electron chi connectivity index (χ0n) is 13.3. The van der Waals surface area contributed by atoms with Crippen LogP contribution < -0.4 is 9.62 Å². The van der Waals surface area contributed by atoms with Crippen molar-refractivity contribution in [3.63, 3.8) is 0 Å². The summed E-state index contributed by atoms with van der Waals surface area (Å²) >= 11 is 15.1. The number of carbonyl (C=O) groups is 1. The van der Waals surface area contributed by atoms with Gasteiger partial charge in [-0.2, -0.15) is 0 Å². The van der Waals surface area contributed by atoms with Gasteiger partial charge in [-0.25, -0.2) is 8.42 Å². The standard InChI is InChI=1S/C16H15BrCl2N2O3S/c1-10(16(22)20-12-5-8-14(17)15(19)9-12)21(25(2,23)24)13-6-3-11(18)4-7-13/h3-10H,1-2H3,(H,20,22)/t10-/m1/s1. The number of hydrogen-bond donors (Lipinski definition) is 1. The van der Waals surface area contributed by atoms with Gasteiger partial charge in [-0.15, -0.1) is 0 Å². The molecule has 2 rings (SSSR count). The highest BCUT2D eigenvalue weighted by atomic mass is 79.9. The van der Waals surface area contributed by atoms with Gasteiger partial charge in [0, 0.05) is 15.2 Å². The van der Waals surface area contributed by atoms with Crippen LogP contribution in [0.15, 0.2) is 46.9 Å². The third-order valence-corrected chi connectivity index (χ3v) is 6.08. The second-order valence-corrected chi connectivity index (χ2v) is 8.89. The summed E-state index contributed by atoms with van der Waals surface area (Å²) in [4.78, 5) is 12.5. The lowest BCUT2D eigenvalue weighted by Gasteiger charge is -2.28. The lowest BCUT2D eigenvalue weighted by molar-refractivity contribution is -0.116. The van der Waals surface area contributed by atoms with Crippen molar-refractivity contribution in [1.29, 1.82) is 0 Å². The van der Waals surface area contributed by atoms with E-state index in [2.05, 4.69) is 21.2 Å². The van der Waals surface area contributed by atoms with Crippen molar-refractivity contribution in [1.82, 2.24) is 0 Å². The molecule has 0 aliphatic rings. The minimum Gasteiger partial charge on any atom is -0.324 e. The monoisotopic (exact) mass is 464 g/mol. The fraction of sp³-hybridized carbons (Fsp3) is 0.188. The van der Waals surface area contributed by atoms with E-state index in [1.807, 2.05) is 0 Å². The number of nitrogens with zero attached hydrogens (tertiary/aromatic N) is 1. The number of benzene rings is 2. The van der Waals surface area contributed by atoms with E-state index in [0.717, 1.165) is 10.6 Å². The minimum atomic E-state index is -3.69. The molecule has 0 heterocycles. The third-order valence-electron chi connectivity index (χ3n) is 3.36. The lowest BCUT2D eigenvalue weighted by atomic mass is 10.2. The highest BCUT2D eigenvalue weighted by Crippen LogP contribution is 2.27. The van der Waals surface area contributed by atoms with E-state index in [9.17, 15) is 13.2 Å². The van der Waals surface area contributed by atoms with Crippen molar-refractivity contribution in [2.24, 2.45) is 0 Å². The SMILES string of the molecule is C[C@H](C(=O)Nc1ccc(Br)c(Cl)c1)N(c1ccc(Cl)cc1)S(C)(=O)=O. The molecule has 1 atom stereocenters. The zero-order chi connectivity index (χ0) is 18.8. The predicted octanol–water partition coefficient (Wildman–Crippen LogP) is 4.55. The Labute approximate surface area is 165 Å². The van der Waals surface area contributed by atoms with Gasteiger partial charge >= 0.3 is 0 Å². The summed E-state index contributed by atoms with van der Waals surface area (Å²) in [7, 11) is -3.69. The molecule has 2 aromatic carbocycles. The minimum absolute atomic E-state index is 0.350. The molecule has 1 N–H and O–H groups in total. The summed E-state index contributed by atoms with van der Waals surface area (Å²) in [5.41, 5.74) is 0.818. The Morgan fingerprint density at radius 1 is 1.16 bits per heavy atom. The summed E-state index contributed by atoms with van der Waals surface area (Å²) in [6, 6.07) is 10.2. The Morgan fingerprint density at radius 3 is 2.28 bits per heavy atom. The number of nitrogens with one attached hydrogen (secondary N) is 1. The smallest absolute Gasteiger partial charge is 0.247 e. The number of rotatable bonds is 5. The summed E-state index contributed by atoms with van der Waals surface area (Å²) < 4.78 is 26.1. The van der Waals surface area contributed by atoms with E-state index in [4.69, 9.17) is 23.2 Å². The highest BCUT2D eigenvalue weighted by molar-refractivity contribution is 9.10. The molecule has 0 saturated heterocycles. The van der Waals surface area contributed by atoms with Crippen LogP contribution in [0, 0.1) is 0 Å². The number of carbonyl (C=O) groups excluding carboxylic acids is 1. The topological polar surface area (TPSA) is 66.5 Å². The van der Waals surface area contributed by atoms with Gasteiger partial charge in [0.1, 0.15) is 6.04 Å². The summed E-state index contributed by atoms with van der Waals surface area (Å²) in [5, 5.41) is 3.57. The predicted molar refractivity (Wildman–Crippen MR) is 106 cm³/mol. The first-order chi connectivity index (χ1) is 11.6. The van der Waals surface area contributed by atoms with Crippen LogP contribution in [-0.2, 0) is 14.8 Å². The second kappa shape index (κ2) is 7.95. The van der Waals surface area contributed by atoms with E-state index in [-0.39, 0.29) is 0 Å². The number of anilines is 2. The van der Waals surface area contributed by atoms with Gasteiger partial charge in [0.25, 0.3) is 0 Å². The quantitative estimate of drug-likeness (QED) is 0.704. The molecule has 134 valence electrons. The molecule has 0 aliphatic carbocycles. The average Bonchev–Trinajstić information content (AvgIpc) is 2.51.